The molecule has 0 fully saturated rings. The van der Waals surface area contributed by atoms with Crippen molar-refractivity contribution >= 4 is 41.3 Å². The molecular formula is C12H23IN4S. The lowest BCUT2D eigenvalue weighted by Crippen LogP contribution is -2.37. The van der Waals surface area contributed by atoms with Crippen LogP contribution >= 0.6 is 35.3 Å². The van der Waals surface area contributed by atoms with Crippen molar-refractivity contribution in [3.8, 4) is 0 Å². The molecule has 1 aromatic heterocycles. The second-order valence-electron chi connectivity index (χ2n) is 3.86. The summed E-state index contributed by atoms with van der Waals surface area (Å²) >= 11 is 1.72. The van der Waals surface area contributed by atoms with Crippen molar-refractivity contribution in [2.75, 3.05) is 13.1 Å². The van der Waals surface area contributed by atoms with E-state index in [1.807, 2.05) is 13.8 Å². The Hall–Kier alpha value is -0.370. The van der Waals surface area contributed by atoms with Crippen LogP contribution in [0.25, 0.3) is 0 Å². The smallest absolute Gasteiger partial charge is 0.191 e. The maximum atomic E-state index is 4.56. The molecule has 6 heteroatoms. The molecule has 0 saturated heterocycles. The monoisotopic (exact) mass is 382 g/mol. The normalized spacial score (nSPS) is 11.0. The molecule has 0 spiro atoms. The van der Waals surface area contributed by atoms with Crippen molar-refractivity contribution in [2.24, 2.45) is 4.99 Å². The lowest BCUT2D eigenvalue weighted by molar-refractivity contribution is 0.786. The van der Waals surface area contributed by atoms with E-state index in [9.17, 15) is 0 Å². The van der Waals surface area contributed by atoms with Gasteiger partial charge in [0.2, 0.25) is 0 Å². The summed E-state index contributed by atoms with van der Waals surface area (Å²) in [5.41, 5.74) is 1.10. The fraction of sp³-hybridized carbons (Fsp3) is 0.667. The first-order chi connectivity index (χ1) is 8.17. The third kappa shape index (κ3) is 5.99. The van der Waals surface area contributed by atoms with Crippen LogP contribution in [0.4, 0.5) is 0 Å². The summed E-state index contributed by atoms with van der Waals surface area (Å²) in [6.07, 6.45) is 1.10. The molecule has 1 heterocycles. The molecule has 0 aromatic carbocycles. The summed E-state index contributed by atoms with van der Waals surface area (Å²) < 4.78 is 0. The van der Waals surface area contributed by atoms with Gasteiger partial charge < -0.3 is 10.6 Å². The minimum atomic E-state index is 0. The molecule has 0 bridgehead atoms. The predicted molar refractivity (Wildman–Crippen MR) is 90.1 cm³/mol. The van der Waals surface area contributed by atoms with E-state index in [1.54, 1.807) is 11.3 Å². The number of thiazole rings is 1. The fourth-order valence-electron chi connectivity index (χ4n) is 1.46. The van der Waals surface area contributed by atoms with Crippen molar-refractivity contribution < 1.29 is 0 Å². The van der Waals surface area contributed by atoms with E-state index in [1.165, 1.54) is 4.88 Å². The van der Waals surface area contributed by atoms with Gasteiger partial charge in [0.05, 0.1) is 17.2 Å². The molecular weight excluding hydrogens is 359 g/mol. The molecule has 104 valence electrons. The highest BCUT2D eigenvalue weighted by Gasteiger charge is 2.04. The van der Waals surface area contributed by atoms with Gasteiger partial charge in [-0.1, -0.05) is 6.92 Å². The van der Waals surface area contributed by atoms with E-state index < -0.39 is 0 Å². The lowest BCUT2D eigenvalue weighted by Gasteiger charge is -2.09. The first-order valence-electron chi connectivity index (χ1n) is 6.12. The standard InChI is InChI=1S/C12H22N4S.HI/c1-5-7-14-12(13-6-2)15-8-11-9(3)16-10(4)17-11;/h5-8H2,1-4H3,(H2,13,14,15);1H. The van der Waals surface area contributed by atoms with Gasteiger partial charge in [-0.15, -0.1) is 35.3 Å². The maximum absolute atomic E-state index is 4.56. The molecule has 0 amide bonds. The van der Waals surface area contributed by atoms with Gasteiger partial charge in [0, 0.05) is 18.0 Å². The van der Waals surface area contributed by atoms with Crippen molar-refractivity contribution in [2.45, 2.75) is 40.7 Å². The average molecular weight is 382 g/mol. The van der Waals surface area contributed by atoms with Crippen LogP contribution in [0.2, 0.25) is 0 Å². The molecule has 1 rings (SSSR count). The van der Waals surface area contributed by atoms with Crippen molar-refractivity contribution in [3.63, 3.8) is 0 Å². The van der Waals surface area contributed by atoms with Crippen LogP contribution in [0.5, 0.6) is 0 Å². The van der Waals surface area contributed by atoms with E-state index >= 15 is 0 Å². The molecule has 0 aliphatic carbocycles. The first-order valence-corrected chi connectivity index (χ1v) is 6.94. The molecule has 1 aromatic rings. The number of hydrogen-bond acceptors (Lipinski definition) is 3. The van der Waals surface area contributed by atoms with Gasteiger partial charge in [0.1, 0.15) is 0 Å². The Balaban J connectivity index is 0.00000289. The minimum Gasteiger partial charge on any atom is -0.357 e. The lowest BCUT2D eigenvalue weighted by atomic mass is 10.4. The van der Waals surface area contributed by atoms with Crippen molar-refractivity contribution in [3.05, 3.63) is 15.6 Å². The van der Waals surface area contributed by atoms with Crippen LogP contribution in [-0.2, 0) is 6.54 Å². The number of halogens is 1. The van der Waals surface area contributed by atoms with Crippen LogP contribution in [-0.4, -0.2) is 24.0 Å². The van der Waals surface area contributed by atoms with Crippen LogP contribution in [0.3, 0.4) is 0 Å². The molecule has 0 radical (unpaired) electrons. The summed E-state index contributed by atoms with van der Waals surface area (Å²) in [5.74, 6) is 0.889. The Kier molecular flexibility index (Phi) is 9.35. The van der Waals surface area contributed by atoms with Gasteiger partial charge in [-0.3, -0.25) is 0 Å². The fourth-order valence-corrected chi connectivity index (χ4v) is 2.32. The third-order valence-electron chi connectivity index (χ3n) is 2.27. The zero-order chi connectivity index (χ0) is 12.7. The highest BCUT2D eigenvalue weighted by atomic mass is 127. The number of aromatic nitrogens is 1. The number of aliphatic imine (C=N–C) groups is 1. The molecule has 4 nitrogen and oxygen atoms in total. The van der Waals surface area contributed by atoms with Gasteiger partial charge in [-0.05, 0) is 27.2 Å². The van der Waals surface area contributed by atoms with E-state index in [2.05, 4.69) is 34.5 Å². The Morgan fingerprint density at radius 3 is 2.50 bits per heavy atom. The van der Waals surface area contributed by atoms with E-state index in [0.29, 0.717) is 6.54 Å². The highest BCUT2D eigenvalue weighted by Crippen LogP contribution is 2.17. The number of guanidine groups is 1. The third-order valence-corrected chi connectivity index (χ3v) is 3.32. The zero-order valence-corrected chi connectivity index (χ0v) is 14.7. The van der Waals surface area contributed by atoms with Crippen LogP contribution < -0.4 is 10.6 Å². The number of hydrogen-bond donors (Lipinski definition) is 2. The molecule has 2 N–H and O–H groups in total. The van der Waals surface area contributed by atoms with E-state index in [-0.39, 0.29) is 24.0 Å². The minimum absolute atomic E-state index is 0. The second kappa shape index (κ2) is 9.55. The molecule has 0 atom stereocenters. The Bertz CT molecular complexity index is 376. The van der Waals surface area contributed by atoms with Crippen LogP contribution in [0.1, 0.15) is 35.8 Å². The summed E-state index contributed by atoms with van der Waals surface area (Å²) in [6.45, 7) is 10.8. The molecule has 0 aliphatic rings. The number of nitrogens with one attached hydrogen (secondary N) is 2. The Labute approximate surface area is 131 Å². The summed E-state index contributed by atoms with van der Waals surface area (Å²) in [4.78, 5) is 10.2. The molecule has 0 unspecified atom stereocenters. The summed E-state index contributed by atoms with van der Waals surface area (Å²) in [7, 11) is 0. The van der Waals surface area contributed by atoms with E-state index in [4.69, 9.17) is 0 Å². The van der Waals surface area contributed by atoms with Crippen LogP contribution in [0.15, 0.2) is 4.99 Å². The number of nitrogens with zero attached hydrogens (tertiary/aromatic N) is 2. The van der Waals surface area contributed by atoms with Gasteiger partial charge in [-0.25, -0.2) is 9.98 Å². The summed E-state index contributed by atoms with van der Waals surface area (Å²) in [5, 5.41) is 7.64. The topological polar surface area (TPSA) is 49.3 Å². The highest BCUT2D eigenvalue weighted by molar-refractivity contribution is 14.0. The first kappa shape index (κ1) is 17.6. The van der Waals surface area contributed by atoms with Gasteiger partial charge in [0.25, 0.3) is 0 Å². The zero-order valence-electron chi connectivity index (χ0n) is 11.5. The molecule has 0 saturated carbocycles. The predicted octanol–water partition coefficient (Wildman–Crippen LogP) is 2.84. The largest absolute Gasteiger partial charge is 0.357 e. The Morgan fingerprint density at radius 2 is 2.00 bits per heavy atom. The van der Waals surface area contributed by atoms with Gasteiger partial charge in [-0.2, -0.15) is 0 Å². The molecule has 0 aliphatic heterocycles. The number of rotatable bonds is 5. The Morgan fingerprint density at radius 1 is 1.28 bits per heavy atom. The van der Waals surface area contributed by atoms with Crippen molar-refractivity contribution in [1.29, 1.82) is 0 Å². The average Bonchev–Trinajstić information content (AvgIpc) is 2.61. The SMILES string of the molecule is CCCNC(=NCc1sc(C)nc1C)NCC.I. The maximum Gasteiger partial charge on any atom is 0.191 e. The quantitative estimate of drug-likeness (QED) is 0.468. The van der Waals surface area contributed by atoms with E-state index in [0.717, 1.165) is 36.2 Å². The van der Waals surface area contributed by atoms with Crippen molar-refractivity contribution in [1.82, 2.24) is 15.6 Å². The van der Waals surface area contributed by atoms with Crippen LogP contribution in [0, 0.1) is 13.8 Å². The second-order valence-corrected chi connectivity index (χ2v) is 5.15. The van der Waals surface area contributed by atoms with Gasteiger partial charge >= 0.3 is 0 Å². The molecule has 18 heavy (non-hydrogen) atoms. The number of aryl methyl sites for hydroxylation is 2. The van der Waals surface area contributed by atoms with Gasteiger partial charge in [0.15, 0.2) is 5.96 Å². The summed E-state index contributed by atoms with van der Waals surface area (Å²) in [6, 6.07) is 0.